The number of fused-ring (bicyclic) bond motifs is 1. The molecule has 1 atom stereocenters. The van der Waals surface area contributed by atoms with Crippen molar-refractivity contribution in [1.82, 2.24) is 9.78 Å². The van der Waals surface area contributed by atoms with E-state index in [0.717, 1.165) is 17.7 Å². The Hall–Kier alpha value is -3.82. The van der Waals surface area contributed by atoms with Crippen LogP contribution in [-0.2, 0) is 15.8 Å². The van der Waals surface area contributed by atoms with Gasteiger partial charge >= 0.3 is 6.18 Å². The van der Waals surface area contributed by atoms with Crippen molar-refractivity contribution in [3.05, 3.63) is 59.7 Å². The van der Waals surface area contributed by atoms with Gasteiger partial charge in [0, 0.05) is 16.8 Å². The van der Waals surface area contributed by atoms with E-state index in [0.29, 0.717) is 22.8 Å². The number of halogens is 3. The van der Waals surface area contributed by atoms with Gasteiger partial charge in [-0.2, -0.15) is 18.3 Å². The molecule has 0 fully saturated rings. The minimum atomic E-state index is -4.54. The topological polar surface area (TPSA) is 85.2 Å². The van der Waals surface area contributed by atoms with Gasteiger partial charge < -0.3 is 15.4 Å². The van der Waals surface area contributed by atoms with Crippen molar-refractivity contribution in [2.45, 2.75) is 25.6 Å². The molecule has 0 unspecified atom stereocenters. The Morgan fingerprint density at radius 3 is 2.59 bits per heavy atom. The lowest BCUT2D eigenvalue weighted by Gasteiger charge is -2.24. The predicted molar refractivity (Wildman–Crippen MR) is 111 cm³/mol. The van der Waals surface area contributed by atoms with Crippen molar-refractivity contribution in [2.24, 2.45) is 0 Å². The molecule has 2 aromatic carbocycles. The number of ether oxygens (including phenoxy) is 1. The summed E-state index contributed by atoms with van der Waals surface area (Å²) in [5.41, 5.74) is 1.10. The van der Waals surface area contributed by atoms with Gasteiger partial charge in [-0.3, -0.25) is 9.59 Å². The van der Waals surface area contributed by atoms with Gasteiger partial charge in [0.2, 0.25) is 11.8 Å². The van der Waals surface area contributed by atoms with Crippen LogP contribution < -0.4 is 15.4 Å². The van der Waals surface area contributed by atoms with Crippen molar-refractivity contribution in [3.8, 4) is 17.0 Å². The van der Waals surface area contributed by atoms with Gasteiger partial charge in [-0.15, -0.1) is 0 Å². The summed E-state index contributed by atoms with van der Waals surface area (Å²) < 4.78 is 45.5. The van der Waals surface area contributed by atoms with Crippen molar-refractivity contribution >= 4 is 23.3 Å². The molecule has 7 nitrogen and oxygen atoms in total. The van der Waals surface area contributed by atoms with E-state index in [1.165, 1.54) is 16.8 Å². The first-order valence-corrected chi connectivity index (χ1v) is 9.69. The first-order chi connectivity index (χ1) is 15.2. The number of hydrogen-bond acceptors (Lipinski definition) is 4. The molecule has 0 bridgehead atoms. The number of amides is 2. The standard InChI is InChI=1S/C22H19F3N4O3/c1-12-19(13-6-8-16(32-2)9-7-13)28-29-17(11-18(30)27-20(12)29)21(31)26-15-5-3-4-14(10-15)22(23,24)25/h3-10,17H,11H2,1-2H3,(H,26,31)(H,27,30)/t17-/m1/s1. The summed E-state index contributed by atoms with van der Waals surface area (Å²) in [7, 11) is 1.55. The van der Waals surface area contributed by atoms with E-state index in [9.17, 15) is 22.8 Å². The third-order valence-electron chi connectivity index (χ3n) is 5.20. The lowest BCUT2D eigenvalue weighted by Crippen LogP contribution is -2.36. The van der Waals surface area contributed by atoms with Gasteiger partial charge in [0.05, 0.1) is 24.8 Å². The fraction of sp³-hybridized carbons (Fsp3) is 0.227. The molecule has 2 amide bonds. The van der Waals surface area contributed by atoms with E-state index in [2.05, 4.69) is 15.7 Å². The lowest BCUT2D eigenvalue weighted by molar-refractivity contribution is -0.137. The second kappa shape index (κ2) is 8.03. The van der Waals surface area contributed by atoms with Crippen LogP contribution in [0.1, 0.15) is 23.6 Å². The maximum Gasteiger partial charge on any atom is 0.416 e. The lowest BCUT2D eigenvalue weighted by atomic mass is 10.1. The quantitative estimate of drug-likeness (QED) is 0.624. The molecule has 2 N–H and O–H groups in total. The highest BCUT2D eigenvalue weighted by molar-refractivity contribution is 6.02. The van der Waals surface area contributed by atoms with Gasteiger partial charge in [0.25, 0.3) is 0 Å². The number of hydrogen-bond donors (Lipinski definition) is 2. The minimum absolute atomic E-state index is 0.0170. The Balaban J connectivity index is 1.65. The molecule has 0 spiro atoms. The Morgan fingerprint density at radius 2 is 1.94 bits per heavy atom. The van der Waals surface area contributed by atoms with Crippen LogP contribution in [-0.4, -0.2) is 28.7 Å². The number of aromatic nitrogens is 2. The van der Waals surface area contributed by atoms with Gasteiger partial charge in [-0.1, -0.05) is 6.07 Å². The van der Waals surface area contributed by atoms with Gasteiger partial charge in [-0.05, 0) is 49.4 Å². The summed E-state index contributed by atoms with van der Waals surface area (Å²) >= 11 is 0. The molecule has 32 heavy (non-hydrogen) atoms. The van der Waals surface area contributed by atoms with Crippen molar-refractivity contribution in [3.63, 3.8) is 0 Å². The van der Waals surface area contributed by atoms with Crippen LogP contribution in [0.2, 0.25) is 0 Å². The molecule has 10 heteroatoms. The third kappa shape index (κ3) is 4.03. The number of nitrogens with one attached hydrogen (secondary N) is 2. The van der Waals surface area contributed by atoms with Crippen LogP contribution in [0.15, 0.2) is 48.5 Å². The molecule has 1 aromatic heterocycles. The molecule has 0 saturated carbocycles. The maximum atomic E-state index is 13.0. The number of methoxy groups -OCH3 is 1. The second-order valence-corrected chi connectivity index (χ2v) is 7.33. The average Bonchev–Trinajstić information content (AvgIpc) is 3.09. The zero-order valence-electron chi connectivity index (χ0n) is 17.2. The Kier molecular flexibility index (Phi) is 5.37. The highest BCUT2D eigenvalue weighted by Crippen LogP contribution is 2.35. The van der Waals surface area contributed by atoms with E-state index in [-0.39, 0.29) is 18.0 Å². The highest BCUT2D eigenvalue weighted by Gasteiger charge is 2.35. The van der Waals surface area contributed by atoms with Gasteiger partial charge in [0.1, 0.15) is 17.6 Å². The molecule has 166 valence electrons. The van der Waals surface area contributed by atoms with Crippen molar-refractivity contribution < 1.29 is 27.5 Å². The fourth-order valence-corrected chi connectivity index (χ4v) is 3.56. The fourth-order valence-electron chi connectivity index (χ4n) is 3.56. The van der Waals surface area contributed by atoms with Crippen molar-refractivity contribution in [2.75, 3.05) is 17.7 Å². The first-order valence-electron chi connectivity index (χ1n) is 9.69. The average molecular weight is 444 g/mol. The normalized spacial score (nSPS) is 15.7. The first kappa shape index (κ1) is 21.4. The molecule has 3 aromatic rings. The number of alkyl halides is 3. The summed E-state index contributed by atoms with van der Waals surface area (Å²) in [6.07, 6.45) is -4.73. The van der Waals surface area contributed by atoms with Gasteiger partial charge in [0.15, 0.2) is 0 Å². The molecule has 0 saturated heterocycles. The number of anilines is 2. The molecule has 1 aliphatic heterocycles. The molecule has 0 radical (unpaired) electrons. The smallest absolute Gasteiger partial charge is 0.416 e. The summed E-state index contributed by atoms with van der Waals surface area (Å²) in [5.74, 6) is 0.0217. The summed E-state index contributed by atoms with van der Waals surface area (Å²) in [5, 5.41) is 9.73. The summed E-state index contributed by atoms with van der Waals surface area (Å²) in [6, 6.07) is 10.5. The van der Waals surface area contributed by atoms with Crippen LogP contribution in [0.5, 0.6) is 5.75 Å². The van der Waals surface area contributed by atoms with E-state index >= 15 is 0 Å². The van der Waals surface area contributed by atoms with E-state index in [4.69, 9.17) is 4.74 Å². The summed E-state index contributed by atoms with van der Waals surface area (Å²) in [6.45, 7) is 1.77. The molecule has 2 heterocycles. The van der Waals surface area contributed by atoms with Gasteiger partial charge in [-0.25, -0.2) is 4.68 Å². The minimum Gasteiger partial charge on any atom is -0.497 e. The molecular formula is C22H19F3N4O3. The number of carbonyl (C=O) groups is 2. The van der Waals surface area contributed by atoms with Crippen LogP contribution in [0.4, 0.5) is 24.7 Å². The van der Waals surface area contributed by atoms with Crippen LogP contribution in [0.25, 0.3) is 11.3 Å². The molecule has 0 aliphatic carbocycles. The molecular weight excluding hydrogens is 425 g/mol. The second-order valence-electron chi connectivity index (χ2n) is 7.33. The zero-order valence-corrected chi connectivity index (χ0v) is 17.2. The molecule has 1 aliphatic rings. The van der Waals surface area contributed by atoms with Crippen LogP contribution in [0.3, 0.4) is 0 Å². The van der Waals surface area contributed by atoms with E-state index in [1.54, 1.807) is 38.3 Å². The van der Waals surface area contributed by atoms with Crippen molar-refractivity contribution in [1.29, 1.82) is 0 Å². The largest absolute Gasteiger partial charge is 0.497 e. The molecule has 4 rings (SSSR count). The maximum absolute atomic E-state index is 13.0. The Bertz CT molecular complexity index is 1190. The summed E-state index contributed by atoms with van der Waals surface area (Å²) in [4.78, 5) is 25.2. The number of nitrogens with zero attached hydrogens (tertiary/aromatic N) is 2. The Labute approximate surface area is 181 Å². The number of carbonyl (C=O) groups excluding carboxylic acids is 2. The number of rotatable bonds is 4. The highest BCUT2D eigenvalue weighted by atomic mass is 19.4. The third-order valence-corrected chi connectivity index (χ3v) is 5.20. The van der Waals surface area contributed by atoms with Crippen LogP contribution >= 0.6 is 0 Å². The Morgan fingerprint density at radius 1 is 1.22 bits per heavy atom. The van der Waals surface area contributed by atoms with E-state index < -0.39 is 23.7 Å². The monoisotopic (exact) mass is 444 g/mol. The number of benzene rings is 2. The van der Waals surface area contributed by atoms with E-state index in [1.807, 2.05) is 0 Å². The predicted octanol–water partition coefficient (Wildman–Crippen LogP) is 4.41. The van der Waals surface area contributed by atoms with Crippen LogP contribution in [0, 0.1) is 6.92 Å². The zero-order chi connectivity index (χ0) is 23.0. The SMILES string of the molecule is COc1ccc(-c2nn3c(c2C)NC(=O)C[C@@H]3C(=O)Nc2cccc(C(F)(F)F)c2)cc1.